The van der Waals surface area contributed by atoms with Gasteiger partial charge >= 0.3 is 5.97 Å². The van der Waals surface area contributed by atoms with Gasteiger partial charge in [0.15, 0.2) is 0 Å². The predicted octanol–water partition coefficient (Wildman–Crippen LogP) is 2.52. The number of rotatable bonds is 5. The molecule has 6 nitrogen and oxygen atoms in total. The zero-order valence-electron chi connectivity index (χ0n) is 14.2. The molecule has 2 N–H and O–H groups in total. The summed E-state index contributed by atoms with van der Waals surface area (Å²) in [4.78, 5) is 12.3. The number of nitrogens with one attached hydrogen (secondary N) is 2. The number of esters is 1. The second-order valence-electron chi connectivity index (χ2n) is 6.27. The topological polar surface area (TPSA) is 68.2 Å². The van der Waals surface area contributed by atoms with Crippen LogP contribution in [0.3, 0.4) is 0 Å². The molecule has 0 bridgehead atoms. The first-order valence-electron chi connectivity index (χ1n) is 8.61. The minimum absolute atomic E-state index is 0.113. The maximum Gasteiger partial charge on any atom is 0.324 e. The molecule has 1 fully saturated rings. The van der Waals surface area contributed by atoms with Crippen molar-refractivity contribution in [2.24, 2.45) is 0 Å². The lowest BCUT2D eigenvalue weighted by atomic mass is 10.0. The van der Waals surface area contributed by atoms with Crippen LogP contribution in [0.2, 0.25) is 0 Å². The first kappa shape index (κ1) is 16.5. The quantitative estimate of drug-likeness (QED) is 0.694. The van der Waals surface area contributed by atoms with Crippen molar-refractivity contribution in [3.8, 4) is 5.69 Å². The first-order valence-corrected chi connectivity index (χ1v) is 8.61. The third kappa shape index (κ3) is 3.66. The first-order chi connectivity index (χ1) is 12.8. The number of ether oxygens (including phenoxy) is 1. The van der Waals surface area contributed by atoms with Gasteiger partial charge in [-0.25, -0.2) is 15.5 Å². The highest BCUT2D eigenvalue weighted by Gasteiger charge is 2.31. The molecule has 6 heteroatoms. The summed E-state index contributed by atoms with van der Waals surface area (Å²) in [5, 5.41) is 4.19. The molecule has 1 aliphatic rings. The Labute approximate surface area is 151 Å². The van der Waals surface area contributed by atoms with Gasteiger partial charge in [-0.3, -0.25) is 4.79 Å². The lowest BCUT2D eigenvalue weighted by Gasteiger charge is -2.10. The minimum atomic E-state index is -0.344. The average Bonchev–Trinajstić information content (AvgIpc) is 3.39. The number of aromatic nitrogens is 2. The van der Waals surface area contributed by atoms with Gasteiger partial charge in [-0.15, -0.1) is 0 Å². The summed E-state index contributed by atoms with van der Waals surface area (Å²) >= 11 is 0. The summed E-state index contributed by atoms with van der Waals surface area (Å²) < 4.78 is 7.25. The van der Waals surface area contributed by atoms with Gasteiger partial charge in [0.1, 0.15) is 12.6 Å². The fraction of sp³-hybridized carbons (Fsp3) is 0.200. The Bertz CT molecular complexity index is 847. The Balaban J connectivity index is 1.30. The van der Waals surface area contributed by atoms with Crippen molar-refractivity contribution in [1.29, 1.82) is 0 Å². The number of carbonyl (C=O) groups excluding carboxylic acids is 1. The Morgan fingerprint density at radius 2 is 1.88 bits per heavy atom. The summed E-state index contributed by atoms with van der Waals surface area (Å²) in [6.45, 7) is 0.256. The molecule has 0 spiro atoms. The van der Waals surface area contributed by atoms with E-state index < -0.39 is 0 Å². The van der Waals surface area contributed by atoms with E-state index in [-0.39, 0.29) is 24.7 Å². The fourth-order valence-electron chi connectivity index (χ4n) is 3.04. The highest BCUT2D eigenvalue weighted by atomic mass is 16.5. The van der Waals surface area contributed by atoms with E-state index in [9.17, 15) is 4.79 Å². The van der Waals surface area contributed by atoms with Gasteiger partial charge < -0.3 is 4.74 Å². The lowest BCUT2D eigenvalue weighted by molar-refractivity contribution is -0.147. The second kappa shape index (κ2) is 7.51. The molecule has 132 valence electrons. The lowest BCUT2D eigenvalue weighted by Crippen LogP contribution is -2.37. The zero-order chi connectivity index (χ0) is 17.8. The highest BCUT2D eigenvalue weighted by Crippen LogP contribution is 2.22. The van der Waals surface area contributed by atoms with Gasteiger partial charge in [0.25, 0.3) is 0 Å². The molecule has 4 rings (SSSR count). The van der Waals surface area contributed by atoms with Crippen molar-refractivity contribution in [2.45, 2.75) is 25.1 Å². The van der Waals surface area contributed by atoms with Gasteiger partial charge in [0, 0.05) is 18.4 Å². The van der Waals surface area contributed by atoms with Gasteiger partial charge in [-0.1, -0.05) is 42.5 Å². The zero-order valence-corrected chi connectivity index (χ0v) is 14.2. The number of hydrazine groups is 1. The van der Waals surface area contributed by atoms with Crippen LogP contribution < -0.4 is 10.9 Å². The van der Waals surface area contributed by atoms with Crippen LogP contribution in [0.25, 0.3) is 5.69 Å². The fourth-order valence-corrected chi connectivity index (χ4v) is 3.04. The molecular formula is C20H20N4O2. The van der Waals surface area contributed by atoms with Crippen LogP contribution in [-0.4, -0.2) is 21.8 Å². The number of nitrogens with zero attached hydrogens (tertiary/aromatic N) is 2. The van der Waals surface area contributed by atoms with Crippen LogP contribution in [0.1, 0.15) is 23.6 Å². The molecular weight excluding hydrogens is 328 g/mol. The van der Waals surface area contributed by atoms with Crippen molar-refractivity contribution in [3.63, 3.8) is 0 Å². The summed E-state index contributed by atoms with van der Waals surface area (Å²) in [6, 6.07) is 19.5. The van der Waals surface area contributed by atoms with Crippen LogP contribution in [0, 0.1) is 0 Å². The van der Waals surface area contributed by atoms with Gasteiger partial charge in [-0.2, -0.15) is 5.10 Å². The molecule has 2 aromatic carbocycles. The third-order valence-corrected chi connectivity index (χ3v) is 4.48. The maximum atomic E-state index is 12.3. The predicted molar refractivity (Wildman–Crippen MR) is 97.2 cm³/mol. The largest absolute Gasteiger partial charge is 0.460 e. The Morgan fingerprint density at radius 3 is 2.62 bits per heavy atom. The van der Waals surface area contributed by atoms with Crippen molar-refractivity contribution in [2.75, 3.05) is 0 Å². The molecule has 0 saturated carbocycles. The smallest absolute Gasteiger partial charge is 0.324 e. The molecule has 0 amide bonds. The van der Waals surface area contributed by atoms with Crippen molar-refractivity contribution in [3.05, 3.63) is 84.2 Å². The number of carbonyl (C=O) groups is 1. The number of benzene rings is 2. The number of hydrogen-bond acceptors (Lipinski definition) is 5. The van der Waals surface area contributed by atoms with Crippen LogP contribution in [0.4, 0.5) is 0 Å². The highest BCUT2D eigenvalue weighted by molar-refractivity contribution is 5.76. The summed E-state index contributed by atoms with van der Waals surface area (Å²) in [6.07, 6.45) is 4.29. The van der Waals surface area contributed by atoms with Crippen molar-refractivity contribution in [1.82, 2.24) is 20.6 Å². The van der Waals surface area contributed by atoms with Crippen LogP contribution in [0.15, 0.2) is 73.1 Å². The van der Waals surface area contributed by atoms with Gasteiger partial charge in [0.2, 0.25) is 0 Å². The molecule has 3 aromatic rings. The molecule has 2 atom stereocenters. The Hall–Kier alpha value is -2.96. The normalized spacial score (nSPS) is 19.4. The third-order valence-electron chi connectivity index (χ3n) is 4.48. The van der Waals surface area contributed by atoms with E-state index in [0.717, 1.165) is 16.8 Å². The Morgan fingerprint density at radius 1 is 1.08 bits per heavy atom. The van der Waals surface area contributed by atoms with Crippen molar-refractivity contribution >= 4 is 5.97 Å². The van der Waals surface area contributed by atoms with E-state index in [1.807, 2.05) is 66.9 Å². The summed E-state index contributed by atoms with van der Waals surface area (Å²) in [7, 11) is 0. The molecule has 2 unspecified atom stereocenters. The monoisotopic (exact) mass is 348 g/mol. The minimum Gasteiger partial charge on any atom is -0.460 e. The maximum absolute atomic E-state index is 12.3. The van der Waals surface area contributed by atoms with E-state index in [0.29, 0.717) is 6.42 Å². The van der Waals surface area contributed by atoms with E-state index in [1.165, 1.54) is 0 Å². The second-order valence-corrected chi connectivity index (χ2v) is 6.27. The Kier molecular flexibility index (Phi) is 4.77. The molecule has 26 heavy (non-hydrogen) atoms. The van der Waals surface area contributed by atoms with Gasteiger partial charge in [0.05, 0.1) is 5.69 Å². The van der Waals surface area contributed by atoms with E-state index >= 15 is 0 Å². The van der Waals surface area contributed by atoms with Crippen molar-refractivity contribution < 1.29 is 9.53 Å². The number of hydrogen-bond donors (Lipinski definition) is 2. The van der Waals surface area contributed by atoms with Gasteiger partial charge in [-0.05, 0) is 35.7 Å². The molecule has 2 heterocycles. The van der Waals surface area contributed by atoms with E-state index in [1.54, 1.807) is 10.9 Å². The molecule has 1 aliphatic heterocycles. The van der Waals surface area contributed by atoms with E-state index in [2.05, 4.69) is 16.0 Å². The SMILES string of the molecule is O=C(OCc1ccc(-n2cccn2)cc1)C1CC(c2ccccc2)NN1. The molecule has 1 saturated heterocycles. The van der Waals surface area contributed by atoms with E-state index in [4.69, 9.17) is 4.74 Å². The van der Waals surface area contributed by atoms with Crippen LogP contribution in [0.5, 0.6) is 0 Å². The standard InChI is InChI=1S/C20H20N4O2/c25-20(19-13-18(22-23-19)16-5-2-1-3-6-16)26-14-15-7-9-17(10-8-15)24-12-4-11-21-24/h1-12,18-19,22-23H,13-14H2. The summed E-state index contributed by atoms with van der Waals surface area (Å²) in [5.41, 5.74) is 9.27. The van der Waals surface area contributed by atoms with Crippen LogP contribution in [-0.2, 0) is 16.1 Å². The van der Waals surface area contributed by atoms with Crippen LogP contribution >= 0.6 is 0 Å². The molecule has 0 aliphatic carbocycles. The molecule has 0 radical (unpaired) electrons. The average molecular weight is 348 g/mol. The molecule has 1 aromatic heterocycles. The summed E-state index contributed by atoms with van der Waals surface area (Å²) in [5.74, 6) is -0.243.